The summed E-state index contributed by atoms with van der Waals surface area (Å²) in [5.74, 6) is 2.73. The fraction of sp³-hybridized carbons (Fsp3) is 0.333. The van der Waals surface area contributed by atoms with Crippen molar-refractivity contribution in [1.29, 1.82) is 0 Å². The molecule has 0 saturated heterocycles. The molecule has 0 saturated carbocycles. The molecule has 0 nitrogen and oxygen atoms in total. The van der Waals surface area contributed by atoms with Gasteiger partial charge in [-0.05, 0) is 10.6 Å². The van der Waals surface area contributed by atoms with Crippen LogP contribution >= 0.6 is 11.3 Å². The van der Waals surface area contributed by atoms with Crippen LogP contribution in [-0.4, -0.2) is 8.07 Å². The van der Waals surface area contributed by atoms with Crippen molar-refractivity contribution < 1.29 is 0 Å². The minimum atomic E-state index is -1.18. The minimum Gasteiger partial charge on any atom is -0.151 e. The molecule has 0 aliphatic rings. The van der Waals surface area contributed by atoms with Crippen LogP contribution in [-0.2, 0) is 0 Å². The Kier molecular flexibility index (Phi) is 2.22. The second-order valence-corrected chi connectivity index (χ2v) is 9.38. The van der Waals surface area contributed by atoms with Gasteiger partial charge in [0, 0.05) is 10.9 Å². The molecule has 0 aliphatic heterocycles. The van der Waals surface area contributed by atoms with E-state index >= 15 is 0 Å². The van der Waals surface area contributed by atoms with E-state index in [0.29, 0.717) is 0 Å². The number of hydrogen-bond donors (Lipinski definition) is 0. The maximum Gasteiger partial charge on any atom is 0.0803 e. The quantitative estimate of drug-likeness (QED) is 0.459. The number of thiophene rings is 1. The highest BCUT2D eigenvalue weighted by molar-refractivity contribution is 7.10. The first-order valence-corrected chi connectivity index (χ1v) is 8.03. The van der Waals surface area contributed by atoms with E-state index in [1.807, 2.05) is 0 Å². The first-order valence-electron chi connectivity index (χ1n) is 3.59. The Balaban J connectivity index is 3.15. The second-order valence-electron chi connectivity index (χ2n) is 3.59. The SMILES string of the molecule is C#Cc1cscc1[Si](C)(C)C. The van der Waals surface area contributed by atoms with E-state index in [1.54, 1.807) is 11.3 Å². The van der Waals surface area contributed by atoms with Crippen LogP contribution in [0.2, 0.25) is 19.6 Å². The van der Waals surface area contributed by atoms with Gasteiger partial charge < -0.3 is 0 Å². The fourth-order valence-corrected chi connectivity index (χ4v) is 4.33. The van der Waals surface area contributed by atoms with E-state index in [4.69, 9.17) is 6.42 Å². The Bertz CT molecular complexity index is 285. The van der Waals surface area contributed by atoms with Gasteiger partial charge in [-0.3, -0.25) is 0 Å². The molecule has 0 atom stereocenters. The molecule has 0 amide bonds. The van der Waals surface area contributed by atoms with E-state index in [0.717, 1.165) is 5.56 Å². The highest BCUT2D eigenvalue weighted by Gasteiger charge is 2.19. The van der Waals surface area contributed by atoms with E-state index in [2.05, 4.69) is 36.3 Å². The summed E-state index contributed by atoms with van der Waals surface area (Å²) in [6.07, 6.45) is 5.37. The molecular weight excluding hydrogens is 168 g/mol. The molecule has 1 heterocycles. The molecule has 1 rings (SSSR count). The zero-order valence-corrected chi connectivity index (χ0v) is 8.96. The molecule has 1 aromatic rings. The monoisotopic (exact) mass is 180 g/mol. The van der Waals surface area contributed by atoms with E-state index < -0.39 is 8.07 Å². The summed E-state index contributed by atoms with van der Waals surface area (Å²) < 4.78 is 0. The molecule has 58 valence electrons. The Hall–Kier alpha value is -0.523. The smallest absolute Gasteiger partial charge is 0.0803 e. The number of hydrogen-bond acceptors (Lipinski definition) is 1. The van der Waals surface area contributed by atoms with Crippen molar-refractivity contribution in [2.24, 2.45) is 0 Å². The van der Waals surface area contributed by atoms with Crippen LogP contribution in [0, 0.1) is 12.3 Å². The van der Waals surface area contributed by atoms with Crippen LogP contribution in [0.15, 0.2) is 10.8 Å². The van der Waals surface area contributed by atoms with Crippen molar-refractivity contribution in [1.82, 2.24) is 0 Å². The highest BCUT2D eigenvalue weighted by atomic mass is 32.1. The molecule has 0 radical (unpaired) electrons. The maximum absolute atomic E-state index is 5.37. The Morgan fingerprint density at radius 2 is 2.00 bits per heavy atom. The largest absolute Gasteiger partial charge is 0.151 e. The van der Waals surface area contributed by atoms with Crippen LogP contribution < -0.4 is 5.19 Å². The van der Waals surface area contributed by atoms with Gasteiger partial charge in [-0.25, -0.2) is 0 Å². The number of rotatable bonds is 1. The van der Waals surface area contributed by atoms with Crippen molar-refractivity contribution in [2.45, 2.75) is 19.6 Å². The third kappa shape index (κ3) is 1.73. The summed E-state index contributed by atoms with van der Waals surface area (Å²) in [5.41, 5.74) is 1.11. The fourth-order valence-electron chi connectivity index (χ4n) is 0.990. The lowest BCUT2D eigenvalue weighted by Gasteiger charge is -2.14. The normalized spacial score (nSPS) is 11.1. The minimum absolute atomic E-state index is 1.11. The Morgan fingerprint density at radius 1 is 1.36 bits per heavy atom. The van der Waals surface area contributed by atoms with E-state index in [-0.39, 0.29) is 0 Å². The van der Waals surface area contributed by atoms with Gasteiger partial charge >= 0.3 is 0 Å². The molecule has 1 aromatic heterocycles. The lowest BCUT2D eigenvalue weighted by molar-refractivity contribution is 1.74. The third-order valence-corrected chi connectivity index (χ3v) is 4.61. The van der Waals surface area contributed by atoms with Crippen molar-refractivity contribution >= 4 is 24.6 Å². The second kappa shape index (κ2) is 2.84. The van der Waals surface area contributed by atoms with Gasteiger partial charge in [0.1, 0.15) is 0 Å². The lowest BCUT2D eigenvalue weighted by Crippen LogP contribution is -2.38. The average molecular weight is 180 g/mol. The summed E-state index contributed by atoms with van der Waals surface area (Å²) in [4.78, 5) is 0. The third-order valence-electron chi connectivity index (χ3n) is 1.63. The van der Waals surface area contributed by atoms with Crippen molar-refractivity contribution in [2.75, 3.05) is 0 Å². The first kappa shape index (κ1) is 8.57. The summed E-state index contributed by atoms with van der Waals surface area (Å²) in [5, 5.41) is 5.68. The van der Waals surface area contributed by atoms with Crippen molar-refractivity contribution in [3.8, 4) is 12.3 Å². The molecule has 0 aliphatic carbocycles. The average Bonchev–Trinajstić information content (AvgIpc) is 2.31. The van der Waals surface area contributed by atoms with Crippen LogP contribution in [0.5, 0.6) is 0 Å². The maximum atomic E-state index is 5.37. The van der Waals surface area contributed by atoms with Crippen LogP contribution in [0.25, 0.3) is 0 Å². The molecule has 0 aromatic carbocycles. The molecule has 0 N–H and O–H groups in total. The van der Waals surface area contributed by atoms with Gasteiger partial charge in [-0.15, -0.1) is 6.42 Å². The predicted molar refractivity (Wildman–Crippen MR) is 55.2 cm³/mol. The summed E-state index contributed by atoms with van der Waals surface area (Å²) in [6, 6.07) is 0. The first-order chi connectivity index (χ1) is 5.05. The molecule has 0 bridgehead atoms. The molecule has 11 heavy (non-hydrogen) atoms. The van der Waals surface area contributed by atoms with Crippen LogP contribution in [0.4, 0.5) is 0 Å². The molecular formula is C9H12SSi. The number of terminal acetylenes is 1. The topological polar surface area (TPSA) is 0 Å². The molecule has 0 fully saturated rings. The van der Waals surface area contributed by atoms with Crippen LogP contribution in [0.3, 0.4) is 0 Å². The zero-order chi connectivity index (χ0) is 8.48. The van der Waals surface area contributed by atoms with Gasteiger partial charge in [0.05, 0.1) is 8.07 Å². The molecule has 0 unspecified atom stereocenters. The van der Waals surface area contributed by atoms with E-state index in [1.165, 1.54) is 5.19 Å². The van der Waals surface area contributed by atoms with Crippen molar-refractivity contribution in [3.05, 3.63) is 16.3 Å². The van der Waals surface area contributed by atoms with Crippen LogP contribution in [0.1, 0.15) is 5.56 Å². The lowest BCUT2D eigenvalue weighted by atomic mass is 10.4. The zero-order valence-electron chi connectivity index (χ0n) is 7.14. The Labute approximate surface area is 73.3 Å². The summed E-state index contributed by atoms with van der Waals surface area (Å²) >= 11 is 1.71. The van der Waals surface area contributed by atoms with Crippen molar-refractivity contribution in [3.63, 3.8) is 0 Å². The molecule has 0 spiro atoms. The standard InChI is InChI=1S/C9H12SSi/c1-5-8-6-10-7-9(8)11(2,3)4/h1,6-7H,2-4H3. The predicted octanol–water partition coefficient (Wildman–Crippen LogP) is 2.27. The van der Waals surface area contributed by atoms with Gasteiger partial charge in [0.2, 0.25) is 0 Å². The van der Waals surface area contributed by atoms with Gasteiger partial charge in [0.15, 0.2) is 0 Å². The van der Waals surface area contributed by atoms with E-state index in [9.17, 15) is 0 Å². The Morgan fingerprint density at radius 3 is 2.36 bits per heavy atom. The highest BCUT2D eigenvalue weighted by Crippen LogP contribution is 2.10. The van der Waals surface area contributed by atoms with Gasteiger partial charge in [-0.2, -0.15) is 11.3 Å². The summed E-state index contributed by atoms with van der Waals surface area (Å²) in [7, 11) is -1.18. The molecule has 2 heteroatoms. The summed E-state index contributed by atoms with van der Waals surface area (Å²) in [6.45, 7) is 6.95. The van der Waals surface area contributed by atoms with Gasteiger partial charge in [-0.1, -0.05) is 25.6 Å². The van der Waals surface area contributed by atoms with Gasteiger partial charge in [0.25, 0.3) is 0 Å².